The topological polar surface area (TPSA) is 75.4 Å². The van der Waals surface area contributed by atoms with Crippen LogP contribution in [-0.2, 0) is 6.42 Å². The fourth-order valence-electron chi connectivity index (χ4n) is 2.70. The molecule has 0 saturated heterocycles. The number of rotatable bonds is 6. The summed E-state index contributed by atoms with van der Waals surface area (Å²) in [6, 6.07) is 19.0. The molecule has 2 aromatic carbocycles. The zero-order valence-electron chi connectivity index (χ0n) is 15.2. The minimum absolute atomic E-state index is 0.269. The molecule has 0 spiro atoms. The van der Waals surface area contributed by atoms with Gasteiger partial charge in [-0.1, -0.05) is 36.4 Å². The van der Waals surface area contributed by atoms with Gasteiger partial charge in [-0.15, -0.1) is 11.3 Å². The van der Waals surface area contributed by atoms with Crippen LogP contribution < -0.4 is 16.0 Å². The lowest BCUT2D eigenvalue weighted by molar-refractivity contribution is 0.100. The second kappa shape index (κ2) is 8.05. The van der Waals surface area contributed by atoms with Crippen LogP contribution in [0.3, 0.4) is 0 Å². The largest absolute Gasteiger partial charge is 0.378 e. The van der Waals surface area contributed by atoms with Crippen molar-refractivity contribution >= 4 is 33.8 Å². The van der Waals surface area contributed by atoms with Gasteiger partial charge in [-0.05, 0) is 29.8 Å². The average Bonchev–Trinajstić information content (AvgIpc) is 3.05. The number of hydrogen-bond acceptors (Lipinski definition) is 4. The summed E-state index contributed by atoms with van der Waals surface area (Å²) in [5.41, 5.74) is 8.42. The molecule has 0 saturated carbocycles. The first-order valence-corrected chi connectivity index (χ1v) is 9.31. The van der Waals surface area contributed by atoms with E-state index in [0.29, 0.717) is 22.5 Å². The van der Waals surface area contributed by atoms with Crippen LogP contribution >= 0.6 is 11.3 Å². The number of thiophene rings is 1. The number of amides is 2. The van der Waals surface area contributed by atoms with Crippen LogP contribution in [0, 0.1) is 0 Å². The van der Waals surface area contributed by atoms with Crippen LogP contribution in [0.25, 0.3) is 0 Å². The molecule has 0 radical (unpaired) electrons. The molecule has 0 aliphatic carbocycles. The van der Waals surface area contributed by atoms with E-state index in [1.165, 1.54) is 11.3 Å². The number of hydrogen-bond donors (Lipinski definition) is 2. The van der Waals surface area contributed by atoms with Crippen molar-refractivity contribution in [3.05, 3.63) is 82.2 Å². The number of nitrogens with zero attached hydrogens (tertiary/aromatic N) is 1. The third-order valence-electron chi connectivity index (χ3n) is 4.12. The van der Waals surface area contributed by atoms with Gasteiger partial charge in [-0.3, -0.25) is 9.59 Å². The van der Waals surface area contributed by atoms with Crippen LogP contribution in [0.15, 0.2) is 60.7 Å². The molecule has 138 valence electrons. The lowest BCUT2D eigenvalue weighted by atomic mass is 10.1. The van der Waals surface area contributed by atoms with Crippen molar-refractivity contribution in [3.63, 3.8) is 0 Å². The molecule has 5 nitrogen and oxygen atoms in total. The molecule has 0 atom stereocenters. The second-order valence-corrected chi connectivity index (χ2v) is 7.52. The Hall–Kier alpha value is -3.12. The summed E-state index contributed by atoms with van der Waals surface area (Å²) in [7, 11) is 3.83. The van der Waals surface area contributed by atoms with Gasteiger partial charge in [0.15, 0.2) is 0 Å². The molecule has 6 heteroatoms. The zero-order chi connectivity index (χ0) is 19.4. The summed E-state index contributed by atoms with van der Waals surface area (Å²) in [5, 5.41) is 3.32. The molecule has 2 amide bonds. The van der Waals surface area contributed by atoms with Gasteiger partial charge in [-0.2, -0.15) is 0 Å². The summed E-state index contributed by atoms with van der Waals surface area (Å²) in [6.45, 7) is 0. The molecule has 0 aliphatic rings. The van der Waals surface area contributed by atoms with Gasteiger partial charge in [0, 0.05) is 36.6 Å². The first-order valence-electron chi connectivity index (χ1n) is 8.49. The highest BCUT2D eigenvalue weighted by Gasteiger charge is 2.17. The Labute approximate surface area is 162 Å². The Morgan fingerprint density at radius 1 is 1.04 bits per heavy atom. The Morgan fingerprint density at radius 3 is 2.44 bits per heavy atom. The van der Waals surface area contributed by atoms with E-state index in [4.69, 9.17) is 5.73 Å². The smallest absolute Gasteiger partial charge is 0.256 e. The summed E-state index contributed by atoms with van der Waals surface area (Å²) < 4.78 is 0. The highest BCUT2D eigenvalue weighted by Crippen LogP contribution is 2.30. The number of anilines is 2. The van der Waals surface area contributed by atoms with Gasteiger partial charge >= 0.3 is 0 Å². The van der Waals surface area contributed by atoms with Crippen molar-refractivity contribution in [2.45, 2.75) is 6.42 Å². The number of carbonyl (C=O) groups excluding carboxylic acids is 2. The van der Waals surface area contributed by atoms with Crippen LogP contribution in [0.5, 0.6) is 0 Å². The summed E-state index contributed by atoms with van der Waals surface area (Å²) in [6.07, 6.45) is 0.678. The van der Waals surface area contributed by atoms with Crippen LogP contribution in [0.1, 0.15) is 31.2 Å². The van der Waals surface area contributed by atoms with Crippen LogP contribution in [-0.4, -0.2) is 25.9 Å². The maximum absolute atomic E-state index is 12.7. The van der Waals surface area contributed by atoms with Gasteiger partial charge in [0.05, 0.1) is 5.56 Å². The molecule has 3 aromatic rings. The number of nitrogens with one attached hydrogen (secondary N) is 1. The Kier molecular flexibility index (Phi) is 5.57. The molecule has 27 heavy (non-hydrogen) atoms. The summed E-state index contributed by atoms with van der Waals surface area (Å²) in [5.74, 6) is -0.822. The van der Waals surface area contributed by atoms with Crippen molar-refractivity contribution in [2.24, 2.45) is 5.73 Å². The van der Waals surface area contributed by atoms with Gasteiger partial charge in [-0.25, -0.2) is 0 Å². The monoisotopic (exact) mass is 379 g/mol. The first kappa shape index (κ1) is 18.7. The third-order valence-corrected chi connectivity index (χ3v) is 5.17. The second-order valence-electron chi connectivity index (χ2n) is 6.38. The lowest BCUT2D eigenvalue weighted by Crippen LogP contribution is -2.17. The molecule has 3 N–H and O–H groups in total. The van der Waals surface area contributed by atoms with Gasteiger partial charge in [0.1, 0.15) is 5.00 Å². The highest BCUT2D eigenvalue weighted by atomic mass is 32.1. The number of carbonyl (C=O) groups is 2. The standard InChI is InChI=1S/C21H21N3O2S/c1-24(2)16-10-6-9-15(12-16)20(26)23-21-18(19(22)25)13-17(27-21)11-14-7-4-3-5-8-14/h3-10,12-13H,11H2,1-2H3,(H2,22,25)(H,23,26). The quantitative estimate of drug-likeness (QED) is 0.685. The maximum Gasteiger partial charge on any atom is 0.256 e. The van der Waals surface area contributed by atoms with Gasteiger partial charge in [0.25, 0.3) is 11.8 Å². The Morgan fingerprint density at radius 2 is 1.78 bits per heavy atom. The van der Waals surface area contributed by atoms with Gasteiger partial charge in [0.2, 0.25) is 0 Å². The third kappa shape index (κ3) is 4.54. The van der Waals surface area contributed by atoms with Crippen molar-refractivity contribution < 1.29 is 9.59 Å². The van der Waals surface area contributed by atoms with E-state index in [2.05, 4.69) is 5.32 Å². The molecule has 1 heterocycles. The fraction of sp³-hybridized carbons (Fsp3) is 0.143. The first-order chi connectivity index (χ1) is 12.9. The van der Waals surface area contributed by atoms with Crippen molar-refractivity contribution in [3.8, 4) is 0 Å². The van der Waals surface area contributed by atoms with E-state index in [1.807, 2.05) is 61.5 Å². The van der Waals surface area contributed by atoms with Gasteiger partial charge < -0.3 is 16.0 Å². The molecular weight excluding hydrogens is 358 g/mol. The lowest BCUT2D eigenvalue weighted by Gasteiger charge is -2.13. The molecule has 0 unspecified atom stereocenters. The predicted molar refractivity (Wildman–Crippen MR) is 111 cm³/mol. The van der Waals surface area contributed by atoms with Crippen molar-refractivity contribution in [1.82, 2.24) is 0 Å². The SMILES string of the molecule is CN(C)c1cccc(C(=O)Nc2sc(Cc3ccccc3)cc2C(N)=O)c1. The molecular formula is C21H21N3O2S. The Bertz CT molecular complexity index is 965. The fourth-order valence-corrected chi connectivity index (χ4v) is 3.79. The highest BCUT2D eigenvalue weighted by molar-refractivity contribution is 7.16. The molecule has 3 rings (SSSR count). The Balaban J connectivity index is 1.84. The van der Waals surface area contributed by atoms with Crippen LogP contribution in [0.4, 0.5) is 10.7 Å². The number of benzene rings is 2. The van der Waals surface area contributed by atoms with E-state index >= 15 is 0 Å². The molecule has 0 bridgehead atoms. The van der Waals surface area contributed by atoms with Crippen LogP contribution in [0.2, 0.25) is 0 Å². The van der Waals surface area contributed by atoms with E-state index in [0.717, 1.165) is 16.1 Å². The van der Waals surface area contributed by atoms with E-state index < -0.39 is 5.91 Å². The number of primary amides is 1. The summed E-state index contributed by atoms with van der Waals surface area (Å²) in [4.78, 5) is 27.4. The zero-order valence-corrected chi connectivity index (χ0v) is 16.0. The normalized spacial score (nSPS) is 10.4. The molecule has 0 fully saturated rings. The van der Waals surface area contributed by atoms with E-state index in [-0.39, 0.29) is 5.91 Å². The number of nitrogens with two attached hydrogens (primary N) is 1. The molecule has 1 aromatic heterocycles. The van der Waals surface area contributed by atoms with E-state index in [1.54, 1.807) is 18.2 Å². The average molecular weight is 379 g/mol. The summed E-state index contributed by atoms with van der Waals surface area (Å²) >= 11 is 1.37. The minimum Gasteiger partial charge on any atom is -0.378 e. The van der Waals surface area contributed by atoms with E-state index in [9.17, 15) is 9.59 Å². The molecule has 0 aliphatic heterocycles. The van der Waals surface area contributed by atoms with Crippen molar-refractivity contribution in [1.29, 1.82) is 0 Å². The van der Waals surface area contributed by atoms with Crippen molar-refractivity contribution in [2.75, 3.05) is 24.3 Å². The minimum atomic E-state index is -0.553. The predicted octanol–water partition coefficient (Wildman–Crippen LogP) is 3.76. The maximum atomic E-state index is 12.7.